The summed E-state index contributed by atoms with van der Waals surface area (Å²) in [6, 6.07) is 0.581. The fraction of sp³-hybridized carbons (Fsp3) is 0.647. The van der Waals surface area contributed by atoms with Crippen molar-refractivity contribution in [1.82, 2.24) is 4.98 Å². The third kappa shape index (κ3) is 3.40. The Morgan fingerprint density at radius 3 is 2.45 bits per heavy atom. The van der Waals surface area contributed by atoms with Crippen LogP contribution in [0.1, 0.15) is 64.2 Å². The molecule has 1 fully saturated rings. The molecule has 1 unspecified atom stereocenters. The number of aryl methyl sites for hydroxylation is 1. The summed E-state index contributed by atoms with van der Waals surface area (Å²) >= 11 is 0. The van der Waals surface area contributed by atoms with Crippen molar-refractivity contribution in [2.24, 2.45) is 0 Å². The number of aromatic amines is 1. The lowest BCUT2D eigenvalue weighted by atomic mass is 9.94. The highest BCUT2D eigenvalue weighted by molar-refractivity contribution is 6.02. The first-order valence-corrected chi connectivity index (χ1v) is 8.08. The fourth-order valence-electron chi connectivity index (χ4n) is 3.56. The van der Waals surface area contributed by atoms with Gasteiger partial charge >= 0.3 is 5.97 Å². The number of nitrogens with one attached hydrogen (secondary N) is 2. The smallest absolute Gasteiger partial charge is 0.354 e. The maximum atomic E-state index is 12.7. The van der Waals surface area contributed by atoms with Crippen molar-refractivity contribution in [3.8, 4) is 0 Å². The van der Waals surface area contributed by atoms with E-state index < -0.39 is 5.97 Å². The van der Waals surface area contributed by atoms with Gasteiger partial charge in [-0.05, 0) is 45.1 Å². The number of Topliss-reactive ketones (excluding diaryl/α,β-unsaturated/α-hetero) is 1. The van der Waals surface area contributed by atoms with Crippen LogP contribution in [-0.4, -0.2) is 43.5 Å². The molecule has 5 nitrogen and oxygen atoms in total. The molecule has 2 rings (SSSR count). The minimum absolute atomic E-state index is 0.101. The van der Waals surface area contributed by atoms with E-state index in [9.17, 15) is 9.59 Å². The maximum Gasteiger partial charge on any atom is 0.354 e. The molecule has 1 saturated carbocycles. The number of quaternary nitrogens is 1. The average Bonchev–Trinajstić information content (AvgIpc) is 2.82. The zero-order valence-corrected chi connectivity index (χ0v) is 14.0. The van der Waals surface area contributed by atoms with Gasteiger partial charge in [-0.2, -0.15) is 0 Å². The Kier molecular flexibility index (Phi) is 5.40. The second-order valence-corrected chi connectivity index (χ2v) is 6.40. The molecule has 1 aromatic rings. The van der Waals surface area contributed by atoms with E-state index >= 15 is 0 Å². The van der Waals surface area contributed by atoms with Gasteiger partial charge < -0.3 is 14.6 Å². The summed E-state index contributed by atoms with van der Waals surface area (Å²) in [5.74, 6) is -0.322. The number of aromatic nitrogens is 1. The topological polar surface area (TPSA) is 63.6 Å². The van der Waals surface area contributed by atoms with Crippen molar-refractivity contribution in [2.45, 2.75) is 52.0 Å². The molecule has 2 N–H and O–H groups in total. The predicted molar refractivity (Wildman–Crippen MR) is 84.6 cm³/mol. The van der Waals surface area contributed by atoms with E-state index in [2.05, 4.69) is 12.0 Å². The Morgan fingerprint density at radius 2 is 1.86 bits per heavy atom. The van der Waals surface area contributed by atoms with Gasteiger partial charge in [-0.15, -0.1) is 0 Å². The number of ketones is 1. The average molecular weight is 307 g/mol. The van der Waals surface area contributed by atoms with E-state index in [4.69, 9.17) is 4.74 Å². The minimum atomic E-state index is -0.423. The van der Waals surface area contributed by atoms with E-state index in [0.29, 0.717) is 29.4 Å². The van der Waals surface area contributed by atoms with Gasteiger partial charge in [-0.3, -0.25) is 4.79 Å². The van der Waals surface area contributed by atoms with Crippen LogP contribution in [0, 0.1) is 13.8 Å². The normalized spacial score (nSPS) is 17.3. The van der Waals surface area contributed by atoms with Crippen LogP contribution in [0.5, 0.6) is 0 Å². The van der Waals surface area contributed by atoms with Crippen molar-refractivity contribution in [3.63, 3.8) is 0 Å². The Balaban J connectivity index is 2.12. The molecule has 0 amide bonds. The first kappa shape index (κ1) is 16.7. The van der Waals surface area contributed by atoms with E-state index in [1.54, 1.807) is 6.92 Å². The number of rotatable bonds is 5. The van der Waals surface area contributed by atoms with Crippen molar-refractivity contribution in [3.05, 3.63) is 22.5 Å². The van der Waals surface area contributed by atoms with Gasteiger partial charge in [-0.25, -0.2) is 4.79 Å². The Labute approximate surface area is 132 Å². The number of carbonyl (C=O) groups is 2. The minimum Gasteiger partial charge on any atom is -0.464 e. The van der Waals surface area contributed by atoms with Gasteiger partial charge in [-0.1, -0.05) is 6.42 Å². The summed E-state index contributed by atoms with van der Waals surface area (Å²) < 4.78 is 4.75. The number of carbonyl (C=O) groups excluding carboxylic acids is 2. The molecule has 122 valence electrons. The maximum absolute atomic E-state index is 12.7. The van der Waals surface area contributed by atoms with Crippen molar-refractivity contribution < 1.29 is 19.2 Å². The lowest BCUT2D eigenvalue weighted by molar-refractivity contribution is -0.898. The first-order chi connectivity index (χ1) is 10.5. The highest BCUT2D eigenvalue weighted by Crippen LogP contribution is 2.19. The van der Waals surface area contributed by atoms with Crippen LogP contribution < -0.4 is 4.90 Å². The second-order valence-electron chi connectivity index (χ2n) is 6.40. The fourth-order valence-corrected chi connectivity index (χ4v) is 3.56. The zero-order chi connectivity index (χ0) is 16.3. The zero-order valence-electron chi connectivity index (χ0n) is 14.0. The summed E-state index contributed by atoms with van der Waals surface area (Å²) in [6.45, 7) is 4.12. The number of methoxy groups -OCH3 is 1. The molecule has 1 heterocycles. The molecule has 1 aromatic heterocycles. The number of likely N-dealkylation sites (N-methyl/N-ethyl adjacent to an activating group) is 1. The molecule has 0 spiro atoms. The molecule has 22 heavy (non-hydrogen) atoms. The molecule has 0 aliphatic heterocycles. The second kappa shape index (κ2) is 7.09. The van der Waals surface area contributed by atoms with Gasteiger partial charge in [0.2, 0.25) is 5.78 Å². The Morgan fingerprint density at radius 1 is 1.23 bits per heavy atom. The molecular formula is C17H27N2O3+. The number of H-pyrrole nitrogens is 1. The van der Waals surface area contributed by atoms with Gasteiger partial charge in [0.25, 0.3) is 0 Å². The Bertz CT molecular complexity index is 556. The van der Waals surface area contributed by atoms with Crippen LogP contribution in [0.25, 0.3) is 0 Å². The predicted octanol–water partition coefficient (Wildman–Crippen LogP) is 1.45. The summed E-state index contributed by atoms with van der Waals surface area (Å²) in [7, 11) is 3.45. The SMILES string of the molecule is COC(=O)c1[nH]c(C)c(C(=O)C[NH+](C)C2CCCCC2)c1C. The van der Waals surface area contributed by atoms with Crippen LogP contribution in [0.3, 0.4) is 0 Å². The highest BCUT2D eigenvalue weighted by Gasteiger charge is 2.27. The van der Waals surface area contributed by atoms with Crippen LogP contribution in [0.4, 0.5) is 0 Å². The van der Waals surface area contributed by atoms with Crippen LogP contribution in [0.2, 0.25) is 0 Å². The monoisotopic (exact) mass is 307 g/mol. The summed E-state index contributed by atoms with van der Waals surface area (Å²) in [5, 5.41) is 0. The van der Waals surface area contributed by atoms with Crippen LogP contribution in [0.15, 0.2) is 0 Å². The molecular weight excluding hydrogens is 280 g/mol. The number of esters is 1. The molecule has 1 aliphatic carbocycles. The van der Waals surface area contributed by atoms with Crippen molar-refractivity contribution >= 4 is 11.8 Å². The summed E-state index contributed by atoms with van der Waals surface area (Å²) in [5.41, 5.74) is 2.49. The van der Waals surface area contributed by atoms with Crippen LogP contribution >= 0.6 is 0 Å². The largest absolute Gasteiger partial charge is 0.464 e. The third-order valence-electron chi connectivity index (χ3n) is 4.85. The Hall–Kier alpha value is -1.62. The van der Waals surface area contributed by atoms with E-state index in [1.807, 2.05) is 6.92 Å². The van der Waals surface area contributed by atoms with Gasteiger partial charge in [0.1, 0.15) is 12.2 Å². The number of ether oxygens (including phenoxy) is 1. The van der Waals surface area contributed by atoms with Gasteiger partial charge in [0.15, 0.2) is 0 Å². The van der Waals surface area contributed by atoms with Gasteiger partial charge in [0.05, 0.1) is 20.2 Å². The quantitative estimate of drug-likeness (QED) is 0.639. The standard InChI is InChI=1S/C17H26N2O3/c1-11-15(12(2)18-16(11)17(21)22-4)14(20)10-19(3)13-8-6-5-7-9-13/h13,18H,5-10H2,1-4H3/p+1. The van der Waals surface area contributed by atoms with Gasteiger partial charge in [0, 0.05) is 11.3 Å². The van der Waals surface area contributed by atoms with Crippen molar-refractivity contribution in [2.75, 3.05) is 20.7 Å². The molecule has 0 saturated heterocycles. The third-order valence-corrected chi connectivity index (χ3v) is 4.85. The van der Waals surface area contributed by atoms with Crippen LogP contribution in [-0.2, 0) is 4.74 Å². The molecule has 0 radical (unpaired) electrons. The number of hydrogen-bond donors (Lipinski definition) is 2. The first-order valence-electron chi connectivity index (χ1n) is 8.08. The lowest BCUT2D eigenvalue weighted by Crippen LogP contribution is -3.14. The van der Waals surface area contributed by atoms with E-state index in [-0.39, 0.29) is 5.78 Å². The highest BCUT2D eigenvalue weighted by atomic mass is 16.5. The lowest BCUT2D eigenvalue weighted by Gasteiger charge is -2.27. The number of hydrogen-bond acceptors (Lipinski definition) is 3. The van der Waals surface area contributed by atoms with E-state index in [1.165, 1.54) is 44.1 Å². The molecule has 1 atom stereocenters. The van der Waals surface area contributed by atoms with Crippen molar-refractivity contribution in [1.29, 1.82) is 0 Å². The van der Waals surface area contributed by atoms with E-state index in [0.717, 1.165) is 5.69 Å². The summed E-state index contributed by atoms with van der Waals surface area (Å²) in [4.78, 5) is 28.7. The molecule has 0 aromatic carbocycles. The molecule has 0 bridgehead atoms. The molecule has 5 heteroatoms. The molecule has 1 aliphatic rings. The summed E-state index contributed by atoms with van der Waals surface area (Å²) in [6.07, 6.45) is 6.27.